The number of allylic oxidation sites excluding steroid dienone is 2. The summed E-state index contributed by atoms with van der Waals surface area (Å²) < 4.78 is 0. The summed E-state index contributed by atoms with van der Waals surface area (Å²) in [5.41, 5.74) is 6.76. The first-order valence-electron chi connectivity index (χ1n) is 7.16. The minimum absolute atomic E-state index is 0.965. The molecule has 0 unspecified atom stereocenters. The van der Waals surface area contributed by atoms with Gasteiger partial charge >= 0.3 is 0 Å². The van der Waals surface area contributed by atoms with Crippen LogP contribution in [-0.2, 0) is 6.42 Å². The van der Waals surface area contributed by atoms with Crippen molar-refractivity contribution < 1.29 is 0 Å². The van der Waals surface area contributed by atoms with E-state index in [1.54, 1.807) is 11.3 Å². The first-order chi connectivity index (χ1) is 10.3. The smallest absolute Gasteiger partial charge is 0.00170 e. The van der Waals surface area contributed by atoms with Crippen molar-refractivity contribution in [1.82, 2.24) is 0 Å². The summed E-state index contributed by atoms with van der Waals surface area (Å²) in [6.07, 6.45) is 0.965. The van der Waals surface area contributed by atoms with E-state index in [1.165, 1.54) is 27.8 Å². The summed E-state index contributed by atoms with van der Waals surface area (Å²) in [4.78, 5) is 0. The van der Waals surface area contributed by atoms with Crippen LogP contribution >= 0.6 is 11.3 Å². The normalized spacial score (nSPS) is 12.0. The molecule has 0 atom stereocenters. The molecule has 104 valence electrons. The Hall–Kier alpha value is -2.12. The molecule has 1 heteroatoms. The molecule has 21 heavy (non-hydrogen) atoms. The number of hydrogen-bond donors (Lipinski definition) is 0. The minimum Gasteiger partial charge on any atom is -0.152 e. The Bertz CT molecular complexity index is 707. The van der Waals surface area contributed by atoms with Gasteiger partial charge in [0.1, 0.15) is 0 Å². The second-order valence-corrected chi connectivity index (χ2v) is 5.92. The van der Waals surface area contributed by atoms with E-state index in [0.29, 0.717) is 0 Å². The lowest BCUT2D eigenvalue weighted by atomic mass is 9.92. The number of hydrogen-bond acceptors (Lipinski definition) is 1. The summed E-state index contributed by atoms with van der Waals surface area (Å²) >= 11 is 1.75. The molecule has 3 aromatic rings. The molecule has 0 bridgehead atoms. The van der Waals surface area contributed by atoms with Crippen molar-refractivity contribution in [2.75, 3.05) is 0 Å². The quantitative estimate of drug-likeness (QED) is 0.559. The minimum atomic E-state index is 0.965. The number of benzene rings is 2. The average molecular weight is 290 g/mol. The molecule has 1 heterocycles. The third-order valence-electron chi connectivity index (χ3n) is 3.75. The van der Waals surface area contributed by atoms with Crippen molar-refractivity contribution in [2.24, 2.45) is 0 Å². The van der Waals surface area contributed by atoms with Crippen molar-refractivity contribution >= 4 is 22.5 Å². The highest BCUT2D eigenvalue weighted by molar-refractivity contribution is 7.08. The first kappa shape index (κ1) is 13.8. The zero-order chi connectivity index (χ0) is 14.5. The average Bonchev–Trinajstić information content (AvgIpc) is 3.08. The maximum absolute atomic E-state index is 2.23. The van der Waals surface area contributed by atoms with Crippen LogP contribution in [0.5, 0.6) is 0 Å². The molecule has 0 saturated heterocycles. The molecular formula is C20H18S. The molecule has 1 aromatic heterocycles. The topological polar surface area (TPSA) is 0 Å². The van der Waals surface area contributed by atoms with E-state index in [1.807, 2.05) is 0 Å². The number of thiophene rings is 1. The lowest BCUT2D eigenvalue weighted by Crippen LogP contribution is -1.94. The van der Waals surface area contributed by atoms with E-state index in [2.05, 4.69) is 84.4 Å². The Morgan fingerprint density at radius 1 is 0.810 bits per heavy atom. The first-order valence-corrected chi connectivity index (χ1v) is 8.10. The van der Waals surface area contributed by atoms with Crippen LogP contribution in [0, 0.1) is 0 Å². The summed E-state index contributed by atoms with van der Waals surface area (Å²) in [6, 6.07) is 23.6. The maximum atomic E-state index is 2.23. The highest BCUT2D eigenvalue weighted by Crippen LogP contribution is 2.30. The van der Waals surface area contributed by atoms with E-state index in [9.17, 15) is 0 Å². The van der Waals surface area contributed by atoms with Crippen molar-refractivity contribution in [3.8, 4) is 0 Å². The summed E-state index contributed by atoms with van der Waals surface area (Å²) in [5.74, 6) is 0. The van der Waals surface area contributed by atoms with Crippen LogP contribution in [0.4, 0.5) is 0 Å². The Balaban J connectivity index is 2.06. The van der Waals surface area contributed by atoms with Gasteiger partial charge in [0.25, 0.3) is 0 Å². The lowest BCUT2D eigenvalue weighted by Gasteiger charge is -2.13. The molecule has 3 rings (SSSR count). The molecule has 0 aliphatic rings. The van der Waals surface area contributed by atoms with Gasteiger partial charge in [0.05, 0.1) is 0 Å². The van der Waals surface area contributed by atoms with E-state index in [4.69, 9.17) is 0 Å². The highest BCUT2D eigenvalue weighted by Gasteiger charge is 2.09. The Labute approximate surface area is 130 Å². The van der Waals surface area contributed by atoms with Gasteiger partial charge in [-0.2, -0.15) is 11.3 Å². The Morgan fingerprint density at radius 2 is 1.48 bits per heavy atom. The van der Waals surface area contributed by atoms with Crippen molar-refractivity contribution in [1.29, 1.82) is 0 Å². The van der Waals surface area contributed by atoms with Crippen LogP contribution in [0.25, 0.3) is 11.1 Å². The van der Waals surface area contributed by atoms with Crippen molar-refractivity contribution in [3.05, 3.63) is 94.2 Å². The molecule has 2 aromatic carbocycles. The standard InChI is InChI=1S/C20H18S/c1-16(19-12-13-21-15-19)20(18-10-6-3-7-11-18)14-17-8-4-2-5-9-17/h2-13,15H,14H2,1H3/b20-16+. The van der Waals surface area contributed by atoms with E-state index in [0.717, 1.165) is 6.42 Å². The van der Waals surface area contributed by atoms with Crippen LogP contribution in [0.15, 0.2) is 77.5 Å². The predicted molar refractivity (Wildman–Crippen MR) is 93.4 cm³/mol. The fourth-order valence-corrected chi connectivity index (χ4v) is 3.25. The summed E-state index contributed by atoms with van der Waals surface area (Å²) in [5, 5.41) is 4.37. The van der Waals surface area contributed by atoms with Gasteiger partial charge in [0.15, 0.2) is 0 Å². The molecule has 0 saturated carbocycles. The van der Waals surface area contributed by atoms with Crippen LogP contribution in [0.2, 0.25) is 0 Å². The molecule has 0 amide bonds. The molecule has 0 radical (unpaired) electrons. The fourth-order valence-electron chi connectivity index (χ4n) is 2.54. The van der Waals surface area contributed by atoms with Crippen LogP contribution in [0.3, 0.4) is 0 Å². The van der Waals surface area contributed by atoms with E-state index in [-0.39, 0.29) is 0 Å². The van der Waals surface area contributed by atoms with Gasteiger partial charge < -0.3 is 0 Å². The largest absolute Gasteiger partial charge is 0.152 e. The molecule has 0 spiro atoms. The van der Waals surface area contributed by atoms with Crippen molar-refractivity contribution in [2.45, 2.75) is 13.3 Å². The zero-order valence-corrected chi connectivity index (χ0v) is 12.9. The third-order valence-corrected chi connectivity index (χ3v) is 4.44. The fraction of sp³-hybridized carbons (Fsp3) is 0.100. The van der Waals surface area contributed by atoms with Gasteiger partial charge in [0.2, 0.25) is 0 Å². The van der Waals surface area contributed by atoms with Gasteiger partial charge in [-0.05, 0) is 58.0 Å². The Kier molecular flexibility index (Phi) is 4.32. The predicted octanol–water partition coefficient (Wildman–Crippen LogP) is 5.92. The SMILES string of the molecule is C/C(=C(/Cc1ccccc1)c1ccccc1)c1ccsc1. The second-order valence-electron chi connectivity index (χ2n) is 5.14. The Morgan fingerprint density at radius 3 is 2.10 bits per heavy atom. The monoisotopic (exact) mass is 290 g/mol. The van der Waals surface area contributed by atoms with Gasteiger partial charge in [-0.15, -0.1) is 0 Å². The van der Waals surface area contributed by atoms with Crippen LogP contribution < -0.4 is 0 Å². The molecule has 0 aliphatic heterocycles. The van der Waals surface area contributed by atoms with Crippen LogP contribution in [0.1, 0.15) is 23.6 Å². The zero-order valence-electron chi connectivity index (χ0n) is 12.1. The van der Waals surface area contributed by atoms with Gasteiger partial charge in [-0.3, -0.25) is 0 Å². The maximum Gasteiger partial charge on any atom is -0.00170 e. The second kappa shape index (κ2) is 6.55. The molecule has 0 nitrogen and oxygen atoms in total. The molecule has 0 N–H and O–H groups in total. The van der Waals surface area contributed by atoms with Crippen molar-refractivity contribution in [3.63, 3.8) is 0 Å². The van der Waals surface area contributed by atoms with Gasteiger partial charge in [0, 0.05) is 0 Å². The summed E-state index contributed by atoms with van der Waals surface area (Å²) in [7, 11) is 0. The molecule has 0 aliphatic carbocycles. The molecular weight excluding hydrogens is 272 g/mol. The van der Waals surface area contributed by atoms with E-state index < -0.39 is 0 Å². The van der Waals surface area contributed by atoms with Gasteiger partial charge in [-0.1, -0.05) is 60.7 Å². The lowest BCUT2D eigenvalue weighted by molar-refractivity contribution is 1.28. The van der Waals surface area contributed by atoms with E-state index >= 15 is 0 Å². The summed E-state index contributed by atoms with van der Waals surface area (Å²) in [6.45, 7) is 2.23. The number of rotatable bonds is 4. The van der Waals surface area contributed by atoms with Gasteiger partial charge in [-0.25, -0.2) is 0 Å². The molecule has 0 fully saturated rings. The van der Waals surface area contributed by atoms with Crippen LogP contribution in [-0.4, -0.2) is 0 Å². The third kappa shape index (κ3) is 3.32. The highest BCUT2D eigenvalue weighted by atomic mass is 32.1.